The Morgan fingerprint density at radius 3 is 2.83 bits per heavy atom. The van der Waals surface area contributed by atoms with Crippen LogP contribution in [0.1, 0.15) is 19.3 Å². The molecule has 0 aromatic carbocycles. The van der Waals surface area contributed by atoms with Crippen molar-refractivity contribution < 1.29 is 4.74 Å². The van der Waals surface area contributed by atoms with E-state index in [2.05, 4.69) is 28.2 Å². The minimum atomic E-state index is 0.388. The molecule has 0 bridgehead atoms. The second-order valence-corrected chi connectivity index (χ2v) is 5.41. The second kappa shape index (κ2) is 7.77. The van der Waals surface area contributed by atoms with E-state index >= 15 is 0 Å². The van der Waals surface area contributed by atoms with E-state index in [0.717, 1.165) is 25.9 Å². The first-order chi connectivity index (χ1) is 8.84. The molecule has 0 amide bonds. The molecule has 0 saturated carbocycles. The topological polar surface area (TPSA) is 27.7 Å². The molecule has 0 spiro atoms. The van der Waals surface area contributed by atoms with E-state index < -0.39 is 0 Å². The van der Waals surface area contributed by atoms with Gasteiger partial charge >= 0.3 is 0 Å². The van der Waals surface area contributed by atoms with Gasteiger partial charge in [-0.05, 0) is 45.5 Å². The predicted octanol–water partition coefficient (Wildman–Crippen LogP) is 0.906. The summed E-state index contributed by atoms with van der Waals surface area (Å²) in [5.74, 6) is 0. The summed E-state index contributed by atoms with van der Waals surface area (Å²) in [6.45, 7) is 8.22. The van der Waals surface area contributed by atoms with Gasteiger partial charge < -0.3 is 19.9 Å². The fraction of sp³-hybridized carbons (Fsp3) is 0.857. The van der Waals surface area contributed by atoms with E-state index in [4.69, 9.17) is 4.74 Å². The van der Waals surface area contributed by atoms with Crippen molar-refractivity contribution >= 4 is 0 Å². The van der Waals surface area contributed by atoms with Crippen LogP contribution in [-0.4, -0.2) is 68.8 Å². The van der Waals surface area contributed by atoms with Gasteiger partial charge in [0.15, 0.2) is 0 Å². The molecule has 4 heteroatoms. The molecular weight excluding hydrogens is 226 g/mol. The maximum Gasteiger partial charge on any atom is 0.110 e. The Labute approximate surface area is 111 Å². The molecule has 1 saturated heterocycles. The van der Waals surface area contributed by atoms with Crippen LogP contribution in [0.25, 0.3) is 0 Å². The van der Waals surface area contributed by atoms with Gasteiger partial charge in [0.25, 0.3) is 0 Å². The number of piperazine rings is 1. The normalized spacial score (nSPS) is 26.2. The van der Waals surface area contributed by atoms with Crippen molar-refractivity contribution in [2.75, 3.05) is 52.9 Å². The fourth-order valence-electron chi connectivity index (χ4n) is 2.50. The van der Waals surface area contributed by atoms with Crippen molar-refractivity contribution in [3.63, 3.8) is 0 Å². The van der Waals surface area contributed by atoms with Crippen molar-refractivity contribution in [2.24, 2.45) is 0 Å². The molecule has 2 heterocycles. The first-order valence-corrected chi connectivity index (χ1v) is 7.26. The molecule has 18 heavy (non-hydrogen) atoms. The summed E-state index contributed by atoms with van der Waals surface area (Å²) in [6, 6.07) is 0. The van der Waals surface area contributed by atoms with Gasteiger partial charge in [0.2, 0.25) is 0 Å². The largest absolute Gasteiger partial charge is 0.497 e. The van der Waals surface area contributed by atoms with Gasteiger partial charge in [0.05, 0.1) is 6.26 Å². The third kappa shape index (κ3) is 4.96. The number of rotatable bonds is 6. The summed E-state index contributed by atoms with van der Waals surface area (Å²) < 4.78 is 5.53. The van der Waals surface area contributed by atoms with Gasteiger partial charge in [0, 0.05) is 32.7 Å². The van der Waals surface area contributed by atoms with E-state index in [9.17, 15) is 0 Å². The van der Waals surface area contributed by atoms with Gasteiger partial charge in [-0.25, -0.2) is 0 Å². The summed E-state index contributed by atoms with van der Waals surface area (Å²) in [5, 5.41) is 3.51. The average molecular weight is 253 g/mol. The molecule has 1 atom stereocenters. The molecular formula is C14H27N3O. The van der Waals surface area contributed by atoms with Crippen LogP contribution in [0, 0.1) is 0 Å². The first-order valence-electron chi connectivity index (χ1n) is 7.26. The van der Waals surface area contributed by atoms with Crippen molar-refractivity contribution in [3.05, 3.63) is 12.3 Å². The van der Waals surface area contributed by atoms with Crippen LogP contribution in [0.15, 0.2) is 12.3 Å². The van der Waals surface area contributed by atoms with E-state index in [0.29, 0.717) is 6.10 Å². The predicted molar refractivity (Wildman–Crippen MR) is 74.7 cm³/mol. The van der Waals surface area contributed by atoms with Crippen molar-refractivity contribution in [3.8, 4) is 0 Å². The summed E-state index contributed by atoms with van der Waals surface area (Å²) >= 11 is 0. The molecule has 2 aliphatic rings. The SMILES string of the molecule is CN1CCN(CCCNCC2CCC=CO2)CC1. The Morgan fingerprint density at radius 1 is 1.28 bits per heavy atom. The van der Waals surface area contributed by atoms with Crippen LogP contribution < -0.4 is 5.32 Å². The number of likely N-dealkylation sites (N-methyl/N-ethyl adjacent to an activating group) is 1. The highest BCUT2D eigenvalue weighted by molar-refractivity contribution is 4.83. The zero-order valence-electron chi connectivity index (χ0n) is 11.6. The molecule has 2 rings (SSSR count). The standard InChI is InChI=1S/C14H27N3O/c1-16-8-10-17(11-9-16)7-4-6-15-13-14-5-2-3-12-18-14/h3,12,14-15H,2,4-11,13H2,1H3. The quantitative estimate of drug-likeness (QED) is 0.712. The Bertz CT molecular complexity index is 249. The molecule has 104 valence electrons. The third-order valence-corrected chi connectivity index (χ3v) is 3.82. The highest BCUT2D eigenvalue weighted by atomic mass is 16.5. The highest BCUT2D eigenvalue weighted by Crippen LogP contribution is 2.08. The molecule has 4 nitrogen and oxygen atoms in total. The molecule has 1 fully saturated rings. The first kappa shape index (κ1) is 13.8. The Hall–Kier alpha value is -0.580. The summed E-state index contributed by atoms with van der Waals surface area (Å²) in [7, 11) is 2.21. The van der Waals surface area contributed by atoms with Gasteiger partial charge in [-0.15, -0.1) is 0 Å². The number of ether oxygens (including phenoxy) is 1. The maximum atomic E-state index is 5.53. The number of nitrogens with zero attached hydrogens (tertiary/aromatic N) is 2. The highest BCUT2D eigenvalue weighted by Gasteiger charge is 2.13. The fourth-order valence-corrected chi connectivity index (χ4v) is 2.50. The lowest BCUT2D eigenvalue weighted by Gasteiger charge is -2.32. The zero-order valence-corrected chi connectivity index (χ0v) is 11.6. The summed E-state index contributed by atoms with van der Waals surface area (Å²) in [5.41, 5.74) is 0. The van der Waals surface area contributed by atoms with Crippen LogP contribution >= 0.6 is 0 Å². The van der Waals surface area contributed by atoms with Crippen LogP contribution in [0.3, 0.4) is 0 Å². The molecule has 0 aromatic rings. The molecule has 2 aliphatic heterocycles. The van der Waals surface area contributed by atoms with Crippen molar-refractivity contribution in [2.45, 2.75) is 25.4 Å². The number of hydrogen-bond donors (Lipinski definition) is 1. The number of nitrogens with one attached hydrogen (secondary N) is 1. The van der Waals surface area contributed by atoms with Gasteiger partial charge in [-0.2, -0.15) is 0 Å². The lowest BCUT2D eigenvalue weighted by atomic mass is 10.1. The van der Waals surface area contributed by atoms with E-state index in [1.54, 1.807) is 0 Å². The number of hydrogen-bond acceptors (Lipinski definition) is 4. The smallest absolute Gasteiger partial charge is 0.110 e. The van der Waals surface area contributed by atoms with Gasteiger partial charge in [-0.1, -0.05) is 0 Å². The minimum Gasteiger partial charge on any atom is -0.497 e. The molecule has 0 aromatic heterocycles. The lowest BCUT2D eigenvalue weighted by Crippen LogP contribution is -2.45. The molecule has 1 N–H and O–H groups in total. The zero-order chi connectivity index (χ0) is 12.6. The van der Waals surface area contributed by atoms with Crippen LogP contribution in [-0.2, 0) is 4.74 Å². The van der Waals surface area contributed by atoms with Gasteiger partial charge in [-0.3, -0.25) is 0 Å². The molecule has 1 unspecified atom stereocenters. The van der Waals surface area contributed by atoms with E-state index in [1.807, 2.05) is 6.26 Å². The Morgan fingerprint density at radius 2 is 2.11 bits per heavy atom. The molecule has 0 aliphatic carbocycles. The van der Waals surface area contributed by atoms with Crippen LogP contribution in [0.4, 0.5) is 0 Å². The monoisotopic (exact) mass is 253 g/mol. The lowest BCUT2D eigenvalue weighted by molar-refractivity contribution is 0.121. The average Bonchev–Trinajstić information content (AvgIpc) is 2.42. The van der Waals surface area contributed by atoms with Crippen LogP contribution in [0.2, 0.25) is 0 Å². The Balaban J connectivity index is 1.45. The van der Waals surface area contributed by atoms with E-state index in [1.165, 1.54) is 39.1 Å². The molecule has 0 radical (unpaired) electrons. The van der Waals surface area contributed by atoms with Gasteiger partial charge in [0.1, 0.15) is 6.10 Å². The summed E-state index contributed by atoms with van der Waals surface area (Å²) in [4.78, 5) is 4.98. The van der Waals surface area contributed by atoms with Crippen molar-refractivity contribution in [1.29, 1.82) is 0 Å². The van der Waals surface area contributed by atoms with Crippen molar-refractivity contribution in [1.82, 2.24) is 15.1 Å². The van der Waals surface area contributed by atoms with E-state index in [-0.39, 0.29) is 0 Å². The minimum absolute atomic E-state index is 0.388. The maximum absolute atomic E-state index is 5.53. The third-order valence-electron chi connectivity index (χ3n) is 3.82. The Kier molecular flexibility index (Phi) is 5.97. The summed E-state index contributed by atoms with van der Waals surface area (Å²) in [6.07, 6.45) is 7.89. The van der Waals surface area contributed by atoms with Crippen LogP contribution in [0.5, 0.6) is 0 Å². The second-order valence-electron chi connectivity index (χ2n) is 5.41. The number of allylic oxidation sites excluding steroid dienone is 1.